The molecule has 2 aromatic heterocycles. The molecule has 0 saturated heterocycles. The summed E-state index contributed by atoms with van der Waals surface area (Å²) in [7, 11) is 0. The van der Waals surface area contributed by atoms with E-state index in [1.54, 1.807) is 0 Å². The Bertz CT molecular complexity index is 879. The van der Waals surface area contributed by atoms with Gasteiger partial charge in [-0.3, -0.25) is 0 Å². The molecule has 3 rings (SSSR count). The van der Waals surface area contributed by atoms with Gasteiger partial charge in [0.1, 0.15) is 11.6 Å². The van der Waals surface area contributed by atoms with Crippen LogP contribution in [0.15, 0.2) is 36.5 Å². The van der Waals surface area contributed by atoms with Gasteiger partial charge in [0.15, 0.2) is 0 Å². The number of rotatable bonds is 8. The van der Waals surface area contributed by atoms with Crippen molar-refractivity contribution in [2.75, 3.05) is 24.6 Å². The van der Waals surface area contributed by atoms with Crippen LogP contribution in [0.25, 0.3) is 22.4 Å². The number of anilines is 1. The Kier molecular flexibility index (Phi) is 6.11. The van der Waals surface area contributed by atoms with Gasteiger partial charge in [-0.05, 0) is 64.4 Å². The molecular formula is C22H30N4O. The number of aromatic nitrogens is 3. The number of fused-ring (bicyclic) bond motifs is 1. The Morgan fingerprint density at radius 3 is 2.52 bits per heavy atom. The Morgan fingerprint density at radius 1 is 1.11 bits per heavy atom. The van der Waals surface area contributed by atoms with Crippen molar-refractivity contribution in [1.29, 1.82) is 0 Å². The third kappa shape index (κ3) is 4.30. The van der Waals surface area contributed by atoms with Gasteiger partial charge in [0.25, 0.3) is 0 Å². The maximum atomic E-state index is 5.79. The second-order valence-electron chi connectivity index (χ2n) is 7.08. The number of ether oxygens (including phenoxy) is 1. The number of imidazole rings is 1. The van der Waals surface area contributed by atoms with Crippen LogP contribution in [0.2, 0.25) is 0 Å². The lowest BCUT2D eigenvalue weighted by atomic mass is 10.2. The van der Waals surface area contributed by atoms with Gasteiger partial charge in [-0.15, -0.1) is 0 Å². The van der Waals surface area contributed by atoms with Gasteiger partial charge >= 0.3 is 0 Å². The molecule has 144 valence electrons. The van der Waals surface area contributed by atoms with E-state index in [1.165, 1.54) is 5.56 Å². The first kappa shape index (κ1) is 19.4. The monoisotopic (exact) mass is 366 g/mol. The molecule has 0 aliphatic heterocycles. The molecule has 0 N–H and O–H groups in total. The van der Waals surface area contributed by atoms with Crippen molar-refractivity contribution in [2.24, 2.45) is 0 Å². The molecule has 0 aliphatic carbocycles. The number of hydrogen-bond acceptors (Lipinski definition) is 4. The van der Waals surface area contributed by atoms with E-state index in [9.17, 15) is 0 Å². The molecule has 0 amide bonds. The third-order valence-electron chi connectivity index (χ3n) is 4.76. The van der Waals surface area contributed by atoms with Crippen molar-refractivity contribution < 1.29 is 4.74 Å². The highest BCUT2D eigenvalue weighted by molar-refractivity contribution is 5.81. The molecule has 0 fully saturated rings. The first-order valence-electron chi connectivity index (χ1n) is 9.83. The number of benzene rings is 1. The highest BCUT2D eigenvalue weighted by Crippen LogP contribution is 2.26. The van der Waals surface area contributed by atoms with Crippen LogP contribution < -0.4 is 4.90 Å². The molecule has 27 heavy (non-hydrogen) atoms. The van der Waals surface area contributed by atoms with E-state index in [0.717, 1.165) is 47.9 Å². The quantitative estimate of drug-likeness (QED) is 0.581. The highest BCUT2D eigenvalue weighted by Gasteiger charge is 2.14. The van der Waals surface area contributed by atoms with Crippen molar-refractivity contribution >= 4 is 16.9 Å². The van der Waals surface area contributed by atoms with Gasteiger partial charge in [-0.1, -0.05) is 6.07 Å². The smallest absolute Gasteiger partial charge is 0.142 e. The fourth-order valence-electron chi connectivity index (χ4n) is 3.32. The largest absolute Gasteiger partial charge is 0.377 e. The van der Waals surface area contributed by atoms with Gasteiger partial charge < -0.3 is 14.2 Å². The number of aryl methyl sites for hydroxylation is 1. The fourth-order valence-corrected chi connectivity index (χ4v) is 3.32. The third-order valence-corrected chi connectivity index (χ3v) is 4.76. The molecule has 5 heteroatoms. The van der Waals surface area contributed by atoms with Crippen LogP contribution in [0.4, 0.5) is 5.82 Å². The van der Waals surface area contributed by atoms with E-state index in [1.807, 2.05) is 6.20 Å². The maximum Gasteiger partial charge on any atom is 0.142 e. The zero-order valence-corrected chi connectivity index (χ0v) is 17.1. The lowest BCUT2D eigenvalue weighted by molar-refractivity contribution is 0.0735. The molecule has 0 unspecified atom stereocenters. The standard InChI is InChI=1S/C22H30N4O/c1-6-25(7-2)21-11-9-18(15-23-21)22-24-19-14-17(5)8-10-20(19)26(22)12-13-27-16(3)4/h8-11,14-16H,6-7,12-13H2,1-5H3. The highest BCUT2D eigenvalue weighted by atomic mass is 16.5. The lowest BCUT2D eigenvalue weighted by Gasteiger charge is -2.19. The van der Waals surface area contributed by atoms with E-state index < -0.39 is 0 Å². The summed E-state index contributed by atoms with van der Waals surface area (Å²) in [4.78, 5) is 11.8. The SMILES string of the molecule is CCN(CC)c1ccc(-c2nc3cc(C)ccc3n2CCOC(C)C)cn1. The topological polar surface area (TPSA) is 43.2 Å². The molecular weight excluding hydrogens is 336 g/mol. The molecule has 0 atom stereocenters. The van der Waals surface area contributed by atoms with Crippen molar-refractivity contribution in [3.8, 4) is 11.4 Å². The van der Waals surface area contributed by atoms with E-state index in [4.69, 9.17) is 9.72 Å². The van der Waals surface area contributed by atoms with Crippen LogP contribution in [-0.4, -0.2) is 40.3 Å². The second-order valence-corrected chi connectivity index (χ2v) is 7.08. The Morgan fingerprint density at radius 2 is 1.89 bits per heavy atom. The number of pyridine rings is 1. The Labute approximate surface area is 162 Å². The summed E-state index contributed by atoms with van der Waals surface area (Å²) in [5.74, 6) is 1.95. The summed E-state index contributed by atoms with van der Waals surface area (Å²) in [6.07, 6.45) is 2.15. The minimum atomic E-state index is 0.223. The van der Waals surface area contributed by atoms with Crippen molar-refractivity contribution in [1.82, 2.24) is 14.5 Å². The molecule has 0 bridgehead atoms. The molecule has 0 spiro atoms. The van der Waals surface area contributed by atoms with Gasteiger partial charge in [0, 0.05) is 31.4 Å². The Hall–Kier alpha value is -2.40. The molecule has 3 aromatic rings. The van der Waals surface area contributed by atoms with Crippen LogP contribution in [0, 0.1) is 6.92 Å². The first-order chi connectivity index (χ1) is 13.0. The summed E-state index contributed by atoms with van der Waals surface area (Å²) in [5, 5.41) is 0. The van der Waals surface area contributed by atoms with Crippen LogP contribution in [-0.2, 0) is 11.3 Å². The van der Waals surface area contributed by atoms with Crippen LogP contribution in [0.5, 0.6) is 0 Å². The van der Waals surface area contributed by atoms with E-state index >= 15 is 0 Å². The molecule has 5 nitrogen and oxygen atoms in total. The minimum Gasteiger partial charge on any atom is -0.377 e. The summed E-state index contributed by atoms with van der Waals surface area (Å²) >= 11 is 0. The second kappa shape index (κ2) is 8.53. The van der Waals surface area contributed by atoms with Crippen molar-refractivity contribution in [3.05, 3.63) is 42.1 Å². The van der Waals surface area contributed by atoms with Gasteiger partial charge in [0.05, 0.1) is 23.7 Å². The van der Waals surface area contributed by atoms with Crippen LogP contribution in [0.3, 0.4) is 0 Å². The fraction of sp³-hybridized carbons (Fsp3) is 0.455. The zero-order valence-electron chi connectivity index (χ0n) is 17.1. The predicted octanol–water partition coefficient (Wildman–Crippen LogP) is 4.68. The molecule has 0 radical (unpaired) electrons. The summed E-state index contributed by atoms with van der Waals surface area (Å²) in [6.45, 7) is 13.9. The van der Waals surface area contributed by atoms with E-state index in [-0.39, 0.29) is 6.10 Å². The molecule has 0 saturated carbocycles. The summed E-state index contributed by atoms with van der Waals surface area (Å²) in [5.41, 5.74) is 4.40. The van der Waals surface area contributed by atoms with Crippen molar-refractivity contribution in [3.63, 3.8) is 0 Å². The van der Waals surface area contributed by atoms with Gasteiger partial charge in [0.2, 0.25) is 0 Å². The summed E-state index contributed by atoms with van der Waals surface area (Å²) < 4.78 is 8.03. The molecule has 1 aromatic carbocycles. The van der Waals surface area contributed by atoms with Gasteiger partial charge in [-0.25, -0.2) is 9.97 Å². The maximum absolute atomic E-state index is 5.79. The molecule has 0 aliphatic rings. The molecule has 2 heterocycles. The minimum absolute atomic E-state index is 0.223. The zero-order chi connectivity index (χ0) is 19.4. The normalized spacial score (nSPS) is 11.5. The number of nitrogens with zero attached hydrogens (tertiary/aromatic N) is 4. The van der Waals surface area contributed by atoms with Crippen molar-refractivity contribution in [2.45, 2.75) is 47.3 Å². The predicted molar refractivity (Wildman–Crippen MR) is 112 cm³/mol. The van der Waals surface area contributed by atoms with Gasteiger partial charge in [-0.2, -0.15) is 0 Å². The number of hydrogen-bond donors (Lipinski definition) is 0. The Balaban J connectivity index is 1.99. The average molecular weight is 367 g/mol. The average Bonchev–Trinajstić information content (AvgIpc) is 3.00. The van der Waals surface area contributed by atoms with E-state index in [2.05, 4.69) is 79.4 Å². The van der Waals surface area contributed by atoms with Crippen LogP contribution in [0.1, 0.15) is 33.3 Å². The van der Waals surface area contributed by atoms with Crippen LogP contribution >= 0.6 is 0 Å². The first-order valence-corrected chi connectivity index (χ1v) is 9.83. The summed E-state index contributed by atoms with van der Waals surface area (Å²) in [6, 6.07) is 10.6. The van der Waals surface area contributed by atoms with E-state index in [0.29, 0.717) is 6.61 Å². The lowest BCUT2D eigenvalue weighted by Crippen LogP contribution is -2.22.